The largest absolute Gasteiger partial charge is 0.480 e. The first-order chi connectivity index (χ1) is 8.81. The molecule has 0 fully saturated rings. The lowest BCUT2D eigenvalue weighted by atomic mass is 10.1. The van der Waals surface area contributed by atoms with Crippen molar-refractivity contribution in [3.63, 3.8) is 0 Å². The van der Waals surface area contributed by atoms with Gasteiger partial charge in [0.1, 0.15) is 6.04 Å². The number of hydrogen-bond acceptors (Lipinski definition) is 3. The predicted octanol–water partition coefficient (Wildman–Crippen LogP) is 1.13. The first kappa shape index (κ1) is 17.7. The number of aliphatic carboxylic acids is 1. The third kappa shape index (κ3) is 7.00. The van der Waals surface area contributed by atoms with Gasteiger partial charge in [0.05, 0.1) is 0 Å². The molecule has 0 aliphatic rings. The highest BCUT2D eigenvalue weighted by Crippen LogP contribution is 2.01. The van der Waals surface area contributed by atoms with Crippen molar-refractivity contribution in [3.8, 4) is 0 Å². The molecule has 0 heterocycles. The Balaban J connectivity index is 4.25. The molecule has 0 spiro atoms. The van der Waals surface area contributed by atoms with E-state index in [1.54, 1.807) is 13.8 Å². The quantitative estimate of drug-likeness (QED) is 0.619. The van der Waals surface area contributed by atoms with Gasteiger partial charge in [-0.1, -0.05) is 27.7 Å². The lowest BCUT2D eigenvalue weighted by Crippen LogP contribution is -2.52. The fourth-order valence-corrected chi connectivity index (χ4v) is 1.83. The number of carbonyl (C=O) groups is 2. The Morgan fingerprint density at radius 1 is 1.11 bits per heavy atom. The summed E-state index contributed by atoms with van der Waals surface area (Å²) in [6.07, 6.45) is 0. The van der Waals surface area contributed by atoms with Gasteiger partial charge < -0.3 is 20.6 Å². The van der Waals surface area contributed by atoms with Gasteiger partial charge in [-0.15, -0.1) is 0 Å². The SMILES string of the molecule is CCN(CC)CC(C)NC(=O)N[C@@H](C(=O)O)C(C)C. The van der Waals surface area contributed by atoms with Crippen LogP contribution in [0, 0.1) is 5.92 Å². The van der Waals surface area contributed by atoms with Crippen LogP contribution in [0.4, 0.5) is 4.79 Å². The molecule has 0 rings (SSSR count). The van der Waals surface area contributed by atoms with Crippen LogP contribution in [0.1, 0.15) is 34.6 Å². The van der Waals surface area contributed by atoms with E-state index in [2.05, 4.69) is 29.4 Å². The van der Waals surface area contributed by atoms with E-state index in [-0.39, 0.29) is 12.0 Å². The summed E-state index contributed by atoms with van der Waals surface area (Å²) < 4.78 is 0. The van der Waals surface area contributed by atoms with Crippen molar-refractivity contribution in [2.75, 3.05) is 19.6 Å². The highest BCUT2D eigenvalue weighted by Gasteiger charge is 2.23. The van der Waals surface area contributed by atoms with Crippen LogP contribution in [0.3, 0.4) is 0 Å². The minimum Gasteiger partial charge on any atom is -0.480 e. The first-order valence-corrected chi connectivity index (χ1v) is 6.83. The highest BCUT2D eigenvalue weighted by molar-refractivity contribution is 5.82. The van der Waals surface area contributed by atoms with Crippen molar-refractivity contribution in [2.45, 2.75) is 46.7 Å². The Morgan fingerprint density at radius 2 is 1.63 bits per heavy atom. The van der Waals surface area contributed by atoms with Crippen LogP contribution in [0.25, 0.3) is 0 Å². The zero-order valence-corrected chi connectivity index (χ0v) is 12.6. The number of amides is 2. The number of hydrogen-bond donors (Lipinski definition) is 3. The van der Waals surface area contributed by atoms with Gasteiger partial charge in [-0.2, -0.15) is 0 Å². The molecule has 0 radical (unpaired) electrons. The molecule has 0 aliphatic carbocycles. The number of rotatable bonds is 8. The van der Waals surface area contributed by atoms with Gasteiger partial charge in [0, 0.05) is 12.6 Å². The molecule has 0 saturated heterocycles. The van der Waals surface area contributed by atoms with Crippen LogP contribution in [0.2, 0.25) is 0 Å². The van der Waals surface area contributed by atoms with Crippen molar-refractivity contribution in [1.82, 2.24) is 15.5 Å². The molecule has 6 nitrogen and oxygen atoms in total. The number of carbonyl (C=O) groups excluding carboxylic acids is 1. The second-order valence-corrected chi connectivity index (χ2v) is 5.06. The van der Waals surface area contributed by atoms with E-state index < -0.39 is 18.0 Å². The monoisotopic (exact) mass is 273 g/mol. The van der Waals surface area contributed by atoms with Gasteiger partial charge in [0.2, 0.25) is 0 Å². The number of nitrogens with one attached hydrogen (secondary N) is 2. The topological polar surface area (TPSA) is 81.7 Å². The summed E-state index contributed by atoms with van der Waals surface area (Å²) in [5, 5.41) is 14.2. The third-order valence-electron chi connectivity index (χ3n) is 3.02. The summed E-state index contributed by atoms with van der Waals surface area (Å²) in [4.78, 5) is 24.9. The molecule has 0 aliphatic heterocycles. The summed E-state index contributed by atoms with van der Waals surface area (Å²) >= 11 is 0. The van der Waals surface area contributed by atoms with E-state index in [1.165, 1.54) is 0 Å². The van der Waals surface area contributed by atoms with Gasteiger partial charge >= 0.3 is 12.0 Å². The molecule has 0 aromatic rings. The number of carboxylic acids is 1. The maximum absolute atomic E-state index is 11.7. The average Bonchev–Trinajstić information content (AvgIpc) is 2.32. The molecule has 0 saturated carbocycles. The van der Waals surface area contributed by atoms with E-state index in [1.807, 2.05) is 6.92 Å². The Hall–Kier alpha value is -1.30. The Kier molecular flexibility index (Phi) is 8.14. The fourth-order valence-electron chi connectivity index (χ4n) is 1.83. The van der Waals surface area contributed by atoms with Crippen molar-refractivity contribution < 1.29 is 14.7 Å². The van der Waals surface area contributed by atoms with Gasteiger partial charge in [0.15, 0.2) is 0 Å². The van der Waals surface area contributed by atoms with Crippen LogP contribution in [-0.4, -0.2) is 53.7 Å². The zero-order valence-electron chi connectivity index (χ0n) is 12.6. The standard InChI is InChI=1S/C13H27N3O3/c1-6-16(7-2)8-10(5)14-13(19)15-11(9(3)4)12(17)18/h9-11H,6-8H2,1-5H3,(H,17,18)(H2,14,15,19)/t10?,11-/m1/s1. The van der Waals surface area contributed by atoms with Gasteiger partial charge in [-0.05, 0) is 25.9 Å². The molecule has 0 aromatic carbocycles. The summed E-state index contributed by atoms with van der Waals surface area (Å²) in [5.41, 5.74) is 0. The van der Waals surface area contributed by atoms with E-state index in [4.69, 9.17) is 5.11 Å². The molecule has 0 aromatic heterocycles. The molecule has 3 N–H and O–H groups in total. The normalized spacial score (nSPS) is 14.3. The Bertz CT molecular complexity index is 291. The highest BCUT2D eigenvalue weighted by atomic mass is 16.4. The van der Waals surface area contributed by atoms with Gasteiger partial charge in [-0.25, -0.2) is 9.59 Å². The molecule has 2 amide bonds. The smallest absolute Gasteiger partial charge is 0.326 e. The summed E-state index contributed by atoms with van der Waals surface area (Å²) in [7, 11) is 0. The molecular weight excluding hydrogens is 246 g/mol. The van der Waals surface area contributed by atoms with Crippen molar-refractivity contribution >= 4 is 12.0 Å². The molecule has 2 atom stereocenters. The van der Waals surface area contributed by atoms with E-state index >= 15 is 0 Å². The number of nitrogens with zero attached hydrogens (tertiary/aromatic N) is 1. The van der Waals surface area contributed by atoms with Gasteiger partial charge in [-0.3, -0.25) is 0 Å². The van der Waals surface area contributed by atoms with Gasteiger partial charge in [0.25, 0.3) is 0 Å². The maximum atomic E-state index is 11.7. The third-order valence-corrected chi connectivity index (χ3v) is 3.02. The van der Waals surface area contributed by atoms with Crippen LogP contribution in [0.15, 0.2) is 0 Å². The number of urea groups is 1. The van der Waals surface area contributed by atoms with Crippen molar-refractivity contribution in [3.05, 3.63) is 0 Å². The molecule has 112 valence electrons. The zero-order chi connectivity index (χ0) is 15.0. The Labute approximate surface area is 115 Å². The van der Waals surface area contributed by atoms with Crippen molar-refractivity contribution in [1.29, 1.82) is 0 Å². The van der Waals surface area contributed by atoms with Crippen LogP contribution < -0.4 is 10.6 Å². The van der Waals surface area contributed by atoms with E-state index in [9.17, 15) is 9.59 Å². The number of likely N-dealkylation sites (N-methyl/N-ethyl adjacent to an activating group) is 1. The van der Waals surface area contributed by atoms with Crippen molar-refractivity contribution in [2.24, 2.45) is 5.92 Å². The summed E-state index contributed by atoms with van der Waals surface area (Å²) in [6.45, 7) is 12.2. The minimum atomic E-state index is -1.01. The first-order valence-electron chi connectivity index (χ1n) is 6.83. The lowest BCUT2D eigenvalue weighted by Gasteiger charge is -2.25. The summed E-state index contributed by atoms with van der Waals surface area (Å²) in [6, 6.07) is -1.32. The summed E-state index contributed by atoms with van der Waals surface area (Å²) in [5.74, 6) is -1.16. The van der Waals surface area contributed by atoms with E-state index in [0.29, 0.717) is 0 Å². The molecular formula is C13H27N3O3. The fraction of sp³-hybridized carbons (Fsp3) is 0.846. The lowest BCUT2D eigenvalue weighted by molar-refractivity contribution is -0.140. The second-order valence-electron chi connectivity index (χ2n) is 5.06. The van der Waals surface area contributed by atoms with Crippen LogP contribution in [0.5, 0.6) is 0 Å². The average molecular weight is 273 g/mol. The minimum absolute atomic E-state index is 0.0264. The molecule has 0 bridgehead atoms. The molecule has 6 heteroatoms. The van der Waals surface area contributed by atoms with E-state index in [0.717, 1.165) is 19.6 Å². The second kappa shape index (κ2) is 8.74. The molecule has 1 unspecified atom stereocenters. The number of carboxylic acid groups (broad SMARTS) is 1. The Morgan fingerprint density at radius 3 is 2.00 bits per heavy atom. The maximum Gasteiger partial charge on any atom is 0.326 e. The molecule has 19 heavy (non-hydrogen) atoms. The van der Waals surface area contributed by atoms with Crippen LogP contribution >= 0.6 is 0 Å². The van der Waals surface area contributed by atoms with Crippen LogP contribution in [-0.2, 0) is 4.79 Å². The predicted molar refractivity (Wildman–Crippen MR) is 75.2 cm³/mol.